The number of aliphatic hydroxyl groups excluding tert-OH is 1. The van der Waals surface area contributed by atoms with Crippen molar-refractivity contribution in [2.45, 2.75) is 13.2 Å². The number of nitrogens with zero attached hydrogens (tertiary/aromatic N) is 2. The van der Waals surface area contributed by atoms with Gasteiger partial charge in [0.2, 0.25) is 0 Å². The third-order valence-electron chi connectivity index (χ3n) is 1.52. The Morgan fingerprint density at radius 1 is 1.44 bits per heavy atom. The Labute approximate surface area is 54.3 Å². The molecule has 0 aromatic carbocycles. The fraction of sp³-hybridized carbons (Fsp3) is 1.00. The molecule has 9 heavy (non-hydrogen) atoms. The summed E-state index contributed by atoms with van der Waals surface area (Å²) in [6.07, 6.45) is -0.442. The second-order valence-electron chi connectivity index (χ2n) is 2.32. The standard InChI is InChI=1S/C5H12N2O2/c1-5(8)6-2-3-7(9)4-6/h5,8-9H,2-4H2,1H3. The molecule has 0 spiro atoms. The molecule has 54 valence electrons. The predicted octanol–water partition coefficient (Wildman–Crippen LogP) is -0.711. The van der Waals surface area contributed by atoms with Gasteiger partial charge < -0.3 is 10.3 Å². The van der Waals surface area contributed by atoms with Crippen LogP contribution in [0.25, 0.3) is 0 Å². The first-order valence-electron chi connectivity index (χ1n) is 3.06. The molecule has 0 amide bonds. The molecule has 1 atom stereocenters. The molecule has 1 unspecified atom stereocenters. The van der Waals surface area contributed by atoms with E-state index in [-0.39, 0.29) is 0 Å². The summed E-state index contributed by atoms with van der Waals surface area (Å²) in [6, 6.07) is 0. The highest BCUT2D eigenvalue weighted by Gasteiger charge is 2.20. The lowest BCUT2D eigenvalue weighted by Gasteiger charge is -2.17. The van der Waals surface area contributed by atoms with Crippen LogP contribution in [0.15, 0.2) is 0 Å². The molecule has 1 heterocycles. The summed E-state index contributed by atoms with van der Waals surface area (Å²) in [6.45, 7) is 3.52. The molecule has 0 aromatic heterocycles. The maximum absolute atomic E-state index is 8.96. The average Bonchev–Trinajstić information content (AvgIpc) is 2.14. The van der Waals surface area contributed by atoms with Crippen LogP contribution in [0.2, 0.25) is 0 Å². The summed E-state index contributed by atoms with van der Waals surface area (Å²) in [5, 5.41) is 19.0. The summed E-state index contributed by atoms with van der Waals surface area (Å²) in [7, 11) is 0. The Morgan fingerprint density at radius 2 is 2.11 bits per heavy atom. The number of rotatable bonds is 1. The van der Waals surface area contributed by atoms with Crippen molar-refractivity contribution in [1.82, 2.24) is 9.96 Å². The second kappa shape index (κ2) is 2.62. The minimum Gasteiger partial charge on any atom is -0.379 e. The highest BCUT2D eigenvalue weighted by Crippen LogP contribution is 2.03. The molecule has 0 bridgehead atoms. The van der Waals surface area contributed by atoms with E-state index < -0.39 is 6.23 Å². The largest absolute Gasteiger partial charge is 0.379 e. The topological polar surface area (TPSA) is 46.9 Å². The van der Waals surface area contributed by atoms with E-state index in [1.165, 1.54) is 5.06 Å². The highest BCUT2D eigenvalue weighted by molar-refractivity contribution is 4.64. The van der Waals surface area contributed by atoms with Gasteiger partial charge in [0, 0.05) is 13.1 Å². The third kappa shape index (κ3) is 1.62. The van der Waals surface area contributed by atoms with Crippen LogP contribution in [-0.4, -0.2) is 46.3 Å². The molecule has 0 aliphatic carbocycles. The summed E-state index contributed by atoms with van der Waals surface area (Å²) in [5.41, 5.74) is 0. The third-order valence-corrected chi connectivity index (χ3v) is 1.52. The van der Waals surface area contributed by atoms with Gasteiger partial charge in [0.25, 0.3) is 0 Å². The van der Waals surface area contributed by atoms with Crippen LogP contribution in [0.5, 0.6) is 0 Å². The van der Waals surface area contributed by atoms with Gasteiger partial charge in [0.15, 0.2) is 0 Å². The van der Waals surface area contributed by atoms with E-state index in [4.69, 9.17) is 10.3 Å². The Bertz CT molecular complexity index is 97.0. The Balaban J connectivity index is 2.30. The Kier molecular flexibility index (Phi) is 2.02. The predicted molar refractivity (Wildman–Crippen MR) is 31.7 cm³/mol. The van der Waals surface area contributed by atoms with Gasteiger partial charge in [-0.15, -0.1) is 0 Å². The van der Waals surface area contributed by atoms with E-state index >= 15 is 0 Å². The zero-order chi connectivity index (χ0) is 6.85. The van der Waals surface area contributed by atoms with Crippen LogP contribution in [0.1, 0.15) is 6.92 Å². The smallest absolute Gasteiger partial charge is 0.105 e. The van der Waals surface area contributed by atoms with Gasteiger partial charge in [0.1, 0.15) is 6.23 Å². The van der Waals surface area contributed by atoms with E-state index in [9.17, 15) is 0 Å². The molecule has 4 nitrogen and oxygen atoms in total. The van der Waals surface area contributed by atoms with Crippen molar-refractivity contribution in [3.63, 3.8) is 0 Å². The molecule has 2 N–H and O–H groups in total. The molecule has 4 heteroatoms. The van der Waals surface area contributed by atoms with Crippen LogP contribution in [0.3, 0.4) is 0 Å². The van der Waals surface area contributed by atoms with Gasteiger partial charge in [0.05, 0.1) is 6.67 Å². The van der Waals surface area contributed by atoms with Gasteiger partial charge in [-0.25, -0.2) is 0 Å². The summed E-state index contributed by atoms with van der Waals surface area (Å²) in [5.74, 6) is 0. The Morgan fingerprint density at radius 3 is 2.33 bits per heavy atom. The number of hydrogen-bond donors (Lipinski definition) is 2. The SMILES string of the molecule is CC(O)N1CCN(O)C1. The number of aliphatic hydroxyl groups is 1. The molecule has 0 aromatic rings. The molecular weight excluding hydrogens is 120 g/mol. The zero-order valence-electron chi connectivity index (χ0n) is 5.49. The lowest BCUT2D eigenvalue weighted by molar-refractivity contribution is -0.0963. The van der Waals surface area contributed by atoms with E-state index in [1.807, 2.05) is 0 Å². The van der Waals surface area contributed by atoms with Gasteiger partial charge in [-0.05, 0) is 6.92 Å². The molecule has 1 aliphatic heterocycles. The lowest BCUT2D eigenvalue weighted by Crippen LogP contribution is -2.31. The normalized spacial score (nSPS) is 27.0. The molecule has 1 fully saturated rings. The van der Waals surface area contributed by atoms with Crippen molar-refractivity contribution in [2.24, 2.45) is 0 Å². The summed E-state index contributed by atoms with van der Waals surface area (Å²) in [4.78, 5) is 1.78. The molecule has 1 aliphatic rings. The van der Waals surface area contributed by atoms with E-state index in [0.29, 0.717) is 13.2 Å². The molecule has 0 saturated carbocycles. The monoisotopic (exact) mass is 132 g/mol. The number of hydroxylamine groups is 2. The Hall–Kier alpha value is -0.160. The van der Waals surface area contributed by atoms with Crippen molar-refractivity contribution in [3.8, 4) is 0 Å². The summed E-state index contributed by atoms with van der Waals surface area (Å²) < 4.78 is 0. The van der Waals surface area contributed by atoms with E-state index in [1.54, 1.807) is 11.8 Å². The lowest BCUT2D eigenvalue weighted by atomic mass is 10.5. The van der Waals surface area contributed by atoms with Gasteiger partial charge in [-0.2, -0.15) is 5.06 Å². The first-order chi connectivity index (χ1) is 4.20. The quantitative estimate of drug-likeness (QED) is 0.494. The van der Waals surface area contributed by atoms with Crippen molar-refractivity contribution >= 4 is 0 Å². The highest BCUT2D eigenvalue weighted by atomic mass is 16.5. The van der Waals surface area contributed by atoms with Crippen LogP contribution in [0, 0.1) is 0 Å². The van der Waals surface area contributed by atoms with Crippen LogP contribution >= 0.6 is 0 Å². The van der Waals surface area contributed by atoms with E-state index in [2.05, 4.69) is 0 Å². The molecule has 0 radical (unpaired) electrons. The molecule has 1 rings (SSSR count). The van der Waals surface area contributed by atoms with Crippen LogP contribution < -0.4 is 0 Å². The van der Waals surface area contributed by atoms with Crippen LogP contribution in [0.4, 0.5) is 0 Å². The van der Waals surface area contributed by atoms with Crippen molar-refractivity contribution < 1.29 is 10.3 Å². The molecular formula is C5H12N2O2. The second-order valence-corrected chi connectivity index (χ2v) is 2.32. The average molecular weight is 132 g/mol. The first kappa shape index (κ1) is 6.95. The van der Waals surface area contributed by atoms with Gasteiger partial charge >= 0.3 is 0 Å². The fourth-order valence-corrected chi connectivity index (χ4v) is 0.900. The van der Waals surface area contributed by atoms with Crippen LogP contribution in [-0.2, 0) is 0 Å². The van der Waals surface area contributed by atoms with Crippen molar-refractivity contribution in [1.29, 1.82) is 0 Å². The minimum atomic E-state index is -0.442. The number of hydrogen-bond acceptors (Lipinski definition) is 4. The fourth-order valence-electron chi connectivity index (χ4n) is 0.900. The van der Waals surface area contributed by atoms with Crippen molar-refractivity contribution in [3.05, 3.63) is 0 Å². The van der Waals surface area contributed by atoms with Gasteiger partial charge in [-0.1, -0.05) is 0 Å². The zero-order valence-corrected chi connectivity index (χ0v) is 5.49. The first-order valence-corrected chi connectivity index (χ1v) is 3.06. The van der Waals surface area contributed by atoms with E-state index in [0.717, 1.165) is 6.54 Å². The maximum atomic E-state index is 8.96. The molecule has 1 saturated heterocycles. The minimum absolute atomic E-state index is 0.442. The summed E-state index contributed by atoms with van der Waals surface area (Å²) >= 11 is 0. The van der Waals surface area contributed by atoms with Crippen molar-refractivity contribution in [2.75, 3.05) is 19.8 Å². The maximum Gasteiger partial charge on any atom is 0.105 e. The van der Waals surface area contributed by atoms with Gasteiger partial charge in [-0.3, -0.25) is 4.90 Å².